The Morgan fingerprint density at radius 1 is 1.00 bits per heavy atom. The number of hydrogen-bond donors (Lipinski definition) is 1. The van der Waals surface area contributed by atoms with Gasteiger partial charge in [0.25, 0.3) is 0 Å². The lowest BCUT2D eigenvalue weighted by molar-refractivity contribution is -0.157. The largest absolute Gasteiger partial charge is 0.494 e. The van der Waals surface area contributed by atoms with Gasteiger partial charge in [-0.2, -0.15) is 0 Å². The molecule has 0 aliphatic heterocycles. The van der Waals surface area contributed by atoms with E-state index in [1.807, 2.05) is 48.5 Å². The standard InChI is InChI=1S/C25H26ClNO4/c1-18(28)31-25(29)12-13-27-17-19-8-9-22-16-23(11-10-21(22)15-19)30-14-4-6-20-5-2-3-7-24(20)26/h2-3,5,7-11,15-16,27H,4,6,12-14,17H2,1H3. The number of fused-ring (bicyclic) bond motifs is 1. The molecule has 31 heavy (non-hydrogen) atoms. The molecule has 0 radical (unpaired) electrons. The molecule has 6 heteroatoms. The van der Waals surface area contributed by atoms with Gasteiger partial charge in [0.05, 0.1) is 13.0 Å². The topological polar surface area (TPSA) is 64.6 Å². The van der Waals surface area contributed by atoms with Crippen molar-refractivity contribution in [3.63, 3.8) is 0 Å². The Hall–Kier alpha value is -2.89. The lowest BCUT2D eigenvalue weighted by Gasteiger charge is -2.09. The SMILES string of the molecule is CC(=O)OC(=O)CCNCc1ccc2cc(OCCCc3ccccc3Cl)ccc2c1. The van der Waals surface area contributed by atoms with Crippen molar-refractivity contribution in [3.05, 3.63) is 76.8 Å². The van der Waals surface area contributed by atoms with Gasteiger partial charge in [0.2, 0.25) is 0 Å². The molecule has 0 aliphatic rings. The van der Waals surface area contributed by atoms with Crippen LogP contribution in [0.3, 0.4) is 0 Å². The van der Waals surface area contributed by atoms with Crippen molar-refractivity contribution in [1.82, 2.24) is 5.32 Å². The lowest BCUT2D eigenvalue weighted by atomic mass is 10.1. The Labute approximate surface area is 187 Å². The minimum Gasteiger partial charge on any atom is -0.494 e. The number of carbonyl (C=O) groups excluding carboxylic acids is 2. The molecule has 3 aromatic carbocycles. The van der Waals surface area contributed by atoms with Gasteiger partial charge >= 0.3 is 11.9 Å². The van der Waals surface area contributed by atoms with Gasteiger partial charge < -0.3 is 14.8 Å². The second-order valence-corrected chi connectivity index (χ2v) is 7.69. The number of rotatable bonds is 10. The molecule has 0 aliphatic carbocycles. The minimum absolute atomic E-state index is 0.157. The first-order valence-electron chi connectivity index (χ1n) is 10.3. The van der Waals surface area contributed by atoms with Gasteiger partial charge in [-0.05, 0) is 59.0 Å². The molecular formula is C25H26ClNO4. The molecule has 0 heterocycles. The van der Waals surface area contributed by atoms with Crippen LogP contribution < -0.4 is 10.1 Å². The number of esters is 2. The van der Waals surface area contributed by atoms with Crippen molar-refractivity contribution in [1.29, 1.82) is 0 Å². The van der Waals surface area contributed by atoms with Crippen LogP contribution >= 0.6 is 11.6 Å². The Bertz CT molecular complexity index is 1050. The molecule has 0 fully saturated rings. The molecule has 0 saturated heterocycles. The average molecular weight is 440 g/mol. The summed E-state index contributed by atoms with van der Waals surface area (Å²) < 4.78 is 10.4. The number of aryl methyl sites for hydroxylation is 1. The Morgan fingerprint density at radius 3 is 2.58 bits per heavy atom. The molecular weight excluding hydrogens is 414 g/mol. The van der Waals surface area contributed by atoms with Crippen molar-refractivity contribution in [3.8, 4) is 5.75 Å². The van der Waals surface area contributed by atoms with E-state index < -0.39 is 11.9 Å². The Balaban J connectivity index is 1.45. The van der Waals surface area contributed by atoms with Crippen LogP contribution in [-0.4, -0.2) is 25.1 Å². The van der Waals surface area contributed by atoms with E-state index in [9.17, 15) is 9.59 Å². The first-order valence-corrected chi connectivity index (χ1v) is 10.7. The van der Waals surface area contributed by atoms with Gasteiger partial charge in [-0.15, -0.1) is 0 Å². The number of ether oxygens (including phenoxy) is 2. The van der Waals surface area contributed by atoms with E-state index in [1.165, 1.54) is 6.92 Å². The van der Waals surface area contributed by atoms with Gasteiger partial charge in [-0.3, -0.25) is 9.59 Å². The number of nitrogens with one attached hydrogen (secondary N) is 1. The highest BCUT2D eigenvalue weighted by atomic mass is 35.5. The molecule has 0 spiro atoms. The summed E-state index contributed by atoms with van der Waals surface area (Å²) in [5.74, 6) is -0.247. The van der Waals surface area contributed by atoms with Crippen LogP contribution in [0.1, 0.15) is 30.9 Å². The van der Waals surface area contributed by atoms with E-state index in [-0.39, 0.29) is 6.42 Å². The third-order valence-corrected chi connectivity index (χ3v) is 5.15. The third kappa shape index (κ3) is 7.39. The van der Waals surface area contributed by atoms with E-state index in [2.05, 4.69) is 22.2 Å². The number of halogens is 1. The molecule has 0 bridgehead atoms. The summed E-state index contributed by atoms with van der Waals surface area (Å²) in [6.45, 7) is 2.93. The second kappa shape index (κ2) is 11.5. The summed E-state index contributed by atoms with van der Waals surface area (Å²) >= 11 is 6.19. The van der Waals surface area contributed by atoms with Crippen LogP contribution in [-0.2, 0) is 27.3 Å². The third-order valence-electron chi connectivity index (χ3n) is 4.79. The summed E-state index contributed by atoms with van der Waals surface area (Å²) in [6, 6.07) is 20.2. The maximum atomic E-state index is 11.4. The van der Waals surface area contributed by atoms with E-state index >= 15 is 0 Å². The quantitative estimate of drug-likeness (QED) is 0.271. The normalized spacial score (nSPS) is 10.8. The molecule has 3 aromatic rings. The molecule has 5 nitrogen and oxygen atoms in total. The highest BCUT2D eigenvalue weighted by Crippen LogP contribution is 2.23. The fraction of sp³-hybridized carbons (Fsp3) is 0.280. The maximum absolute atomic E-state index is 11.4. The van der Waals surface area contributed by atoms with Crippen LogP contribution in [0.25, 0.3) is 10.8 Å². The van der Waals surface area contributed by atoms with Gasteiger partial charge in [0, 0.05) is 25.0 Å². The summed E-state index contributed by atoms with van der Waals surface area (Å²) in [7, 11) is 0. The van der Waals surface area contributed by atoms with Crippen LogP contribution in [0.5, 0.6) is 5.75 Å². The van der Waals surface area contributed by atoms with E-state index in [0.29, 0.717) is 19.7 Å². The van der Waals surface area contributed by atoms with Gasteiger partial charge in [0.1, 0.15) is 5.75 Å². The second-order valence-electron chi connectivity index (χ2n) is 7.28. The summed E-state index contributed by atoms with van der Waals surface area (Å²) in [4.78, 5) is 22.1. The average Bonchev–Trinajstić information content (AvgIpc) is 2.75. The molecule has 3 rings (SSSR count). The van der Waals surface area contributed by atoms with Crippen molar-refractivity contribution in [2.24, 2.45) is 0 Å². The molecule has 0 saturated carbocycles. The van der Waals surface area contributed by atoms with Gasteiger partial charge in [0.15, 0.2) is 0 Å². The number of carbonyl (C=O) groups is 2. The monoisotopic (exact) mass is 439 g/mol. The molecule has 0 aromatic heterocycles. The Kier molecular flexibility index (Phi) is 8.44. The molecule has 162 valence electrons. The molecule has 0 atom stereocenters. The minimum atomic E-state index is -0.580. The summed E-state index contributed by atoms with van der Waals surface area (Å²) in [5, 5.41) is 6.22. The smallest absolute Gasteiger partial charge is 0.314 e. The zero-order valence-electron chi connectivity index (χ0n) is 17.5. The number of hydrogen-bond acceptors (Lipinski definition) is 5. The zero-order valence-corrected chi connectivity index (χ0v) is 18.3. The molecule has 0 unspecified atom stereocenters. The van der Waals surface area contributed by atoms with Crippen LogP contribution in [0.2, 0.25) is 5.02 Å². The fourth-order valence-electron chi connectivity index (χ4n) is 3.26. The molecule has 1 N–H and O–H groups in total. The highest BCUT2D eigenvalue weighted by molar-refractivity contribution is 6.31. The first-order chi connectivity index (χ1) is 15.0. The molecule has 0 amide bonds. The maximum Gasteiger partial charge on any atom is 0.314 e. The summed E-state index contributed by atoms with van der Waals surface area (Å²) in [6.07, 6.45) is 1.94. The van der Waals surface area contributed by atoms with E-state index in [0.717, 1.165) is 45.5 Å². The van der Waals surface area contributed by atoms with Gasteiger partial charge in [-0.25, -0.2) is 0 Å². The predicted molar refractivity (Wildman–Crippen MR) is 122 cm³/mol. The van der Waals surface area contributed by atoms with Gasteiger partial charge in [-0.1, -0.05) is 48.0 Å². The van der Waals surface area contributed by atoms with E-state index in [1.54, 1.807) is 0 Å². The van der Waals surface area contributed by atoms with Crippen LogP contribution in [0, 0.1) is 0 Å². The fourth-order valence-corrected chi connectivity index (χ4v) is 3.49. The van der Waals surface area contributed by atoms with Crippen LogP contribution in [0.4, 0.5) is 0 Å². The first kappa shape index (κ1) is 22.8. The lowest BCUT2D eigenvalue weighted by Crippen LogP contribution is -2.20. The number of benzene rings is 3. The van der Waals surface area contributed by atoms with Crippen molar-refractivity contribution >= 4 is 34.3 Å². The van der Waals surface area contributed by atoms with Crippen molar-refractivity contribution in [2.75, 3.05) is 13.2 Å². The highest BCUT2D eigenvalue weighted by Gasteiger charge is 2.06. The predicted octanol–water partition coefficient (Wildman–Crippen LogP) is 5.07. The van der Waals surface area contributed by atoms with Crippen molar-refractivity contribution < 1.29 is 19.1 Å². The zero-order chi connectivity index (χ0) is 22.1. The van der Waals surface area contributed by atoms with Crippen LogP contribution in [0.15, 0.2) is 60.7 Å². The van der Waals surface area contributed by atoms with E-state index in [4.69, 9.17) is 16.3 Å². The van der Waals surface area contributed by atoms with Crippen molar-refractivity contribution in [2.45, 2.75) is 32.7 Å². The summed E-state index contributed by atoms with van der Waals surface area (Å²) in [5.41, 5.74) is 2.25. The Morgan fingerprint density at radius 2 is 1.77 bits per heavy atom.